The molecule has 1 aliphatic heterocycles. The van der Waals surface area contributed by atoms with Gasteiger partial charge in [0.1, 0.15) is 12.4 Å². The predicted molar refractivity (Wildman–Crippen MR) is 53.1 cm³/mol. The summed E-state index contributed by atoms with van der Waals surface area (Å²) in [5.41, 5.74) is 0. The summed E-state index contributed by atoms with van der Waals surface area (Å²) in [6.45, 7) is 1.00. The van der Waals surface area contributed by atoms with E-state index in [-0.39, 0.29) is 12.4 Å². The van der Waals surface area contributed by atoms with Gasteiger partial charge in [0.2, 0.25) is 5.82 Å². The van der Waals surface area contributed by atoms with Crippen molar-refractivity contribution in [1.82, 2.24) is 14.8 Å². The smallest absolute Gasteiger partial charge is 0.376 e. The van der Waals surface area contributed by atoms with Crippen LogP contribution in [0.4, 0.5) is 0 Å². The third-order valence-corrected chi connectivity index (χ3v) is 2.33. The fourth-order valence-corrected chi connectivity index (χ4v) is 1.52. The first kappa shape index (κ1) is 12.0. The zero-order valence-electron chi connectivity index (χ0n) is 9.28. The van der Waals surface area contributed by atoms with Crippen molar-refractivity contribution >= 4 is 5.97 Å². The molecule has 0 radical (unpaired) electrons. The Hall–Kier alpha value is -1.51. The van der Waals surface area contributed by atoms with E-state index in [0.717, 1.165) is 0 Å². The molecule has 1 unspecified atom stereocenters. The molecular weight excluding hydrogens is 230 g/mol. The molecule has 1 saturated heterocycles. The van der Waals surface area contributed by atoms with Crippen LogP contribution in [-0.2, 0) is 20.8 Å². The van der Waals surface area contributed by atoms with Crippen LogP contribution in [0.2, 0.25) is 0 Å². The van der Waals surface area contributed by atoms with Crippen LogP contribution in [0.5, 0.6) is 0 Å². The van der Waals surface area contributed by atoms with Gasteiger partial charge in [-0.15, -0.1) is 10.2 Å². The van der Waals surface area contributed by atoms with Crippen LogP contribution in [-0.4, -0.2) is 58.6 Å². The van der Waals surface area contributed by atoms with E-state index in [1.54, 1.807) is 0 Å². The number of hydrogen-bond acceptors (Lipinski definition) is 7. The van der Waals surface area contributed by atoms with Gasteiger partial charge >= 0.3 is 5.97 Å². The summed E-state index contributed by atoms with van der Waals surface area (Å²) < 4.78 is 16.2. The van der Waals surface area contributed by atoms with E-state index in [1.807, 2.05) is 0 Å². The molecule has 0 spiro atoms. The Balaban J connectivity index is 2.02. The van der Waals surface area contributed by atoms with Crippen LogP contribution in [0, 0.1) is 0 Å². The lowest BCUT2D eigenvalue weighted by atomic mass is 10.3. The van der Waals surface area contributed by atoms with Crippen LogP contribution >= 0.6 is 0 Å². The monoisotopic (exact) mass is 243 g/mol. The largest absolute Gasteiger partial charge is 0.463 e. The number of hydrogen-bond donors (Lipinski definition) is 1. The normalized spacial score (nSPS) is 18.2. The highest BCUT2D eigenvalue weighted by atomic mass is 16.7. The number of aliphatic hydroxyl groups is 1. The van der Waals surface area contributed by atoms with Crippen molar-refractivity contribution in [3.8, 4) is 0 Å². The summed E-state index contributed by atoms with van der Waals surface area (Å²) in [4.78, 5) is 11.3. The maximum atomic E-state index is 11.3. The molecule has 0 amide bonds. The minimum Gasteiger partial charge on any atom is -0.463 e. The lowest BCUT2D eigenvalue weighted by Gasteiger charge is -2.17. The van der Waals surface area contributed by atoms with Gasteiger partial charge in [-0.2, -0.15) is 0 Å². The van der Waals surface area contributed by atoms with Gasteiger partial charge in [-0.25, -0.2) is 4.79 Å². The summed E-state index contributed by atoms with van der Waals surface area (Å²) in [5.74, 6) is -0.576. The quantitative estimate of drug-likeness (QED) is 0.663. The van der Waals surface area contributed by atoms with Gasteiger partial charge < -0.3 is 23.9 Å². The molecule has 2 heterocycles. The van der Waals surface area contributed by atoms with Gasteiger partial charge in [0.05, 0.1) is 26.9 Å². The van der Waals surface area contributed by atoms with Crippen molar-refractivity contribution < 1.29 is 24.1 Å². The molecule has 0 aromatic carbocycles. The zero-order chi connectivity index (χ0) is 12.3. The van der Waals surface area contributed by atoms with Gasteiger partial charge in [-0.1, -0.05) is 0 Å². The minimum absolute atomic E-state index is 0.0320. The molecule has 0 bridgehead atoms. The molecule has 1 fully saturated rings. The van der Waals surface area contributed by atoms with E-state index in [9.17, 15) is 9.90 Å². The SMILES string of the molecule is COC(=O)c1nncn1CC(O)C1OCCO1. The zero-order valence-corrected chi connectivity index (χ0v) is 9.28. The Morgan fingerprint density at radius 1 is 1.71 bits per heavy atom. The summed E-state index contributed by atoms with van der Waals surface area (Å²) in [5, 5.41) is 17.0. The highest BCUT2D eigenvalue weighted by molar-refractivity contribution is 5.85. The molecule has 1 aromatic heterocycles. The molecule has 8 nitrogen and oxygen atoms in total. The van der Waals surface area contributed by atoms with Crippen LogP contribution in [0.3, 0.4) is 0 Å². The number of rotatable bonds is 4. The molecule has 1 N–H and O–H groups in total. The van der Waals surface area contributed by atoms with E-state index < -0.39 is 18.4 Å². The van der Waals surface area contributed by atoms with Crippen molar-refractivity contribution in [2.24, 2.45) is 0 Å². The van der Waals surface area contributed by atoms with Gasteiger partial charge in [-0.05, 0) is 0 Å². The Morgan fingerprint density at radius 2 is 2.41 bits per heavy atom. The standard InChI is InChI=1S/C9H13N3O5/c1-15-8(14)7-11-10-5-12(7)4-6(13)9-16-2-3-17-9/h5-6,9,13H,2-4H2,1H3. The summed E-state index contributed by atoms with van der Waals surface area (Å²) in [6.07, 6.45) is -0.232. The number of aliphatic hydroxyl groups excluding tert-OH is 1. The molecule has 1 aliphatic rings. The lowest BCUT2D eigenvalue weighted by molar-refractivity contribution is -0.124. The first-order valence-electron chi connectivity index (χ1n) is 5.09. The number of carbonyl (C=O) groups excluding carboxylic acids is 1. The minimum atomic E-state index is -0.892. The summed E-state index contributed by atoms with van der Waals surface area (Å²) >= 11 is 0. The second-order valence-electron chi connectivity index (χ2n) is 3.48. The van der Waals surface area contributed by atoms with Crippen molar-refractivity contribution in [2.75, 3.05) is 20.3 Å². The van der Waals surface area contributed by atoms with Gasteiger partial charge in [0.25, 0.3) is 0 Å². The first-order chi connectivity index (χ1) is 8.22. The fraction of sp³-hybridized carbons (Fsp3) is 0.667. The molecule has 1 atom stereocenters. The van der Waals surface area contributed by atoms with E-state index in [2.05, 4.69) is 14.9 Å². The maximum Gasteiger partial charge on any atom is 0.376 e. The summed E-state index contributed by atoms with van der Waals surface area (Å²) in [6, 6.07) is 0. The van der Waals surface area contributed by atoms with Crippen molar-refractivity contribution in [1.29, 1.82) is 0 Å². The number of aromatic nitrogens is 3. The second kappa shape index (κ2) is 5.21. The fourth-order valence-electron chi connectivity index (χ4n) is 1.52. The highest BCUT2D eigenvalue weighted by Crippen LogP contribution is 2.11. The Bertz CT molecular complexity index is 388. The molecule has 0 aliphatic carbocycles. The van der Waals surface area contributed by atoms with Gasteiger partial charge in [0.15, 0.2) is 6.29 Å². The summed E-state index contributed by atoms with van der Waals surface area (Å²) in [7, 11) is 1.25. The Labute approximate surface area is 97.1 Å². The van der Waals surface area contributed by atoms with Crippen molar-refractivity contribution in [3.05, 3.63) is 12.2 Å². The Morgan fingerprint density at radius 3 is 3.06 bits per heavy atom. The van der Waals surface area contributed by atoms with Crippen LogP contribution in [0.25, 0.3) is 0 Å². The third-order valence-electron chi connectivity index (χ3n) is 2.33. The highest BCUT2D eigenvalue weighted by Gasteiger charge is 2.27. The maximum absolute atomic E-state index is 11.3. The molecule has 1 aromatic rings. The molecular formula is C9H13N3O5. The number of esters is 1. The second-order valence-corrected chi connectivity index (χ2v) is 3.48. The molecule has 0 saturated carbocycles. The molecule has 8 heteroatoms. The van der Waals surface area contributed by atoms with Crippen LogP contribution < -0.4 is 0 Å². The average Bonchev–Trinajstić information content (AvgIpc) is 2.98. The lowest BCUT2D eigenvalue weighted by Crippen LogP contribution is -2.32. The van der Waals surface area contributed by atoms with E-state index >= 15 is 0 Å². The number of carbonyl (C=O) groups is 1. The molecule has 17 heavy (non-hydrogen) atoms. The van der Waals surface area contributed by atoms with E-state index in [1.165, 1.54) is 18.0 Å². The third kappa shape index (κ3) is 2.60. The Kier molecular flexibility index (Phi) is 3.67. The molecule has 2 rings (SSSR count). The average molecular weight is 243 g/mol. The number of methoxy groups -OCH3 is 1. The number of ether oxygens (including phenoxy) is 3. The van der Waals surface area contributed by atoms with Crippen molar-refractivity contribution in [2.45, 2.75) is 18.9 Å². The van der Waals surface area contributed by atoms with Crippen molar-refractivity contribution in [3.63, 3.8) is 0 Å². The van der Waals surface area contributed by atoms with Crippen LogP contribution in [0.15, 0.2) is 6.33 Å². The number of nitrogens with zero attached hydrogens (tertiary/aromatic N) is 3. The van der Waals surface area contributed by atoms with E-state index in [0.29, 0.717) is 13.2 Å². The van der Waals surface area contributed by atoms with E-state index in [4.69, 9.17) is 9.47 Å². The first-order valence-corrected chi connectivity index (χ1v) is 5.09. The van der Waals surface area contributed by atoms with Crippen LogP contribution in [0.1, 0.15) is 10.6 Å². The van der Waals surface area contributed by atoms with Gasteiger partial charge in [0, 0.05) is 0 Å². The predicted octanol–water partition coefficient (Wildman–Crippen LogP) is -1.20. The van der Waals surface area contributed by atoms with Gasteiger partial charge in [-0.3, -0.25) is 0 Å². The molecule has 94 valence electrons. The topological polar surface area (TPSA) is 95.7 Å².